The molecule has 0 spiro atoms. The summed E-state index contributed by atoms with van der Waals surface area (Å²) < 4.78 is 0. The number of nitrogens with one attached hydrogen (secondary N) is 2. The number of piperidine rings is 1. The number of aliphatic hydroxyl groups excluding tert-OH is 1. The first kappa shape index (κ1) is 10.4. The summed E-state index contributed by atoms with van der Waals surface area (Å²) in [6, 6.07) is 1.21. The maximum Gasteiger partial charge on any atom is 0.0474 e. The smallest absolute Gasteiger partial charge is 0.0474 e. The fraction of sp³-hybridized carbons (Fsp3) is 1.00. The topological polar surface area (TPSA) is 44.3 Å². The molecule has 3 N–H and O–H groups in total. The molecule has 2 aliphatic rings. The number of hydrogen-bond acceptors (Lipinski definition) is 3. The number of hydrogen-bond donors (Lipinski definition) is 3. The Balaban J connectivity index is 1.77. The quantitative estimate of drug-likeness (QED) is 0.618. The molecular formula is C11H22N2O. The van der Waals surface area contributed by atoms with Gasteiger partial charge in [-0.25, -0.2) is 0 Å². The molecule has 0 bridgehead atoms. The standard InChI is InChI=1S/C11H22N2O/c14-8-9-3-1-5-11(9)13-10-4-2-6-12-7-10/h9-14H,1-8H2. The van der Waals surface area contributed by atoms with Crippen LogP contribution in [0.2, 0.25) is 0 Å². The van der Waals surface area contributed by atoms with Gasteiger partial charge in [0, 0.05) is 25.2 Å². The highest BCUT2D eigenvalue weighted by atomic mass is 16.3. The van der Waals surface area contributed by atoms with Crippen LogP contribution in [0.3, 0.4) is 0 Å². The molecule has 3 nitrogen and oxygen atoms in total. The average Bonchev–Trinajstić information content (AvgIpc) is 2.67. The van der Waals surface area contributed by atoms with Crippen LogP contribution in [0.5, 0.6) is 0 Å². The van der Waals surface area contributed by atoms with Crippen LogP contribution in [0.25, 0.3) is 0 Å². The minimum Gasteiger partial charge on any atom is -0.396 e. The van der Waals surface area contributed by atoms with Crippen molar-refractivity contribution in [2.75, 3.05) is 19.7 Å². The summed E-state index contributed by atoms with van der Waals surface area (Å²) in [7, 11) is 0. The fourth-order valence-corrected chi connectivity index (χ4v) is 2.77. The van der Waals surface area contributed by atoms with Crippen LogP contribution in [0.4, 0.5) is 0 Å². The molecule has 1 aliphatic heterocycles. The van der Waals surface area contributed by atoms with Crippen molar-refractivity contribution in [3.8, 4) is 0 Å². The Hall–Kier alpha value is -0.120. The zero-order valence-corrected chi connectivity index (χ0v) is 8.84. The van der Waals surface area contributed by atoms with Gasteiger partial charge in [0.25, 0.3) is 0 Å². The van der Waals surface area contributed by atoms with E-state index in [4.69, 9.17) is 0 Å². The van der Waals surface area contributed by atoms with Crippen molar-refractivity contribution in [3.63, 3.8) is 0 Å². The van der Waals surface area contributed by atoms with Crippen LogP contribution in [0, 0.1) is 5.92 Å². The fourth-order valence-electron chi connectivity index (χ4n) is 2.77. The van der Waals surface area contributed by atoms with Gasteiger partial charge in [0.2, 0.25) is 0 Å². The molecule has 2 fully saturated rings. The molecule has 2 rings (SSSR count). The molecule has 14 heavy (non-hydrogen) atoms. The van der Waals surface area contributed by atoms with E-state index in [1.807, 2.05) is 0 Å². The van der Waals surface area contributed by atoms with E-state index in [-0.39, 0.29) is 0 Å². The van der Waals surface area contributed by atoms with E-state index < -0.39 is 0 Å². The molecule has 3 heteroatoms. The normalized spacial score (nSPS) is 38.8. The van der Waals surface area contributed by atoms with Crippen LogP contribution in [0.1, 0.15) is 32.1 Å². The molecule has 0 amide bonds. The monoisotopic (exact) mass is 198 g/mol. The molecule has 3 unspecified atom stereocenters. The van der Waals surface area contributed by atoms with Gasteiger partial charge in [-0.1, -0.05) is 6.42 Å². The third kappa shape index (κ3) is 2.47. The zero-order valence-electron chi connectivity index (χ0n) is 8.84. The van der Waals surface area contributed by atoms with Gasteiger partial charge >= 0.3 is 0 Å². The lowest BCUT2D eigenvalue weighted by Crippen LogP contribution is -2.48. The van der Waals surface area contributed by atoms with Gasteiger partial charge in [0.15, 0.2) is 0 Å². The van der Waals surface area contributed by atoms with Gasteiger partial charge in [-0.2, -0.15) is 0 Å². The Morgan fingerprint density at radius 3 is 2.86 bits per heavy atom. The maximum atomic E-state index is 9.21. The molecule has 0 aromatic carbocycles. The Bertz CT molecular complexity index is 169. The highest BCUT2D eigenvalue weighted by Crippen LogP contribution is 2.25. The molecule has 1 saturated heterocycles. The van der Waals surface area contributed by atoms with Gasteiger partial charge in [0.05, 0.1) is 0 Å². The van der Waals surface area contributed by atoms with Gasteiger partial charge in [-0.3, -0.25) is 0 Å². The minimum absolute atomic E-state index is 0.359. The SMILES string of the molecule is OCC1CCCC1NC1CCCNC1. The van der Waals surface area contributed by atoms with Crippen LogP contribution >= 0.6 is 0 Å². The highest BCUT2D eigenvalue weighted by Gasteiger charge is 2.28. The van der Waals surface area contributed by atoms with E-state index >= 15 is 0 Å². The molecular weight excluding hydrogens is 176 g/mol. The Morgan fingerprint density at radius 2 is 2.14 bits per heavy atom. The summed E-state index contributed by atoms with van der Waals surface area (Å²) in [5.41, 5.74) is 0. The molecule has 0 aromatic rings. The summed E-state index contributed by atoms with van der Waals surface area (Å²) >= 11 is 0. The lowest BCUT2D eigenvalue weighted by molar-refractivity contribution is 0.195. The second kappa shape index (κ2) is 5.10. The lowest BCUT2D eigenvalue weighted by Gasteiger charge is -2.29. The highest BCUT2D eigenvalue weighted by molar-refractivity contribution is 4.87. The lowest BCUT2D eigenvalue weighted by atomic mass is 10.0. The summed E-state index contributed by atoms with van der Waals surface area (Å²) in [6.45, 7) is 2.64. The first-order valence-corrected chi connectivity index (χ1v) is 5.98. The molecule has 3 atom stereocenters. The Labute approximate surface area is 86.3 Å². The third-order valence-electron chi connectivity index (χ3n) is 3.64. The van der Waals surface area contributed by atoms with Crippen molar-refractivity contribution in [1.29, 1.82) is 0 Å². The van der Waals surface area contributed by atoms with Crippen molar-refractivity contribution in [2.24, 2.45) is 5.92 Å². The zero-order chi connectivity index (χ0) is 9.80. The largest absolute Gasteiger partial charge is 0.396 e. The number of aliphatic hydroxyl groups is 1. The van der Waals surface area contributed by atoms with E-state index in [1.54, 1.807) is 0 Å². The summed E-state index contributed by atoms with van der Waals surface area (Å²) in [4.78, 5) is 0. The van der Waals surface area contributed by atoms with Gasteiger partial charge in [0.1, 0.15) is 0 Å². The first-order chi connectivity index (χ1) is 6.90. The molecule has 0 radical (unpaired) electrons. The van der Waals surface area contributed by atoms with E-state index in [9.17, 15) is 5.11 Å². The van der Waals surface area contributed by atoms with E-state index in [0.717, 1.165) is 6.54 Å². The molecule has 1 saturated carbocycles. The van der Waals surface area contributed by atoms with Crippen LogP contribution in [-0.2, 0) is 0 Å². The summed E-state index contributed by atoms with van der Waals surface area (Å²) in [6.07, 6.45) is 6.31. The van der Waals surface area contributed by atoms with Crippen molar-refractivity contribution in [2.45, 2.75) is 44.2 Å². The minimum atomic E-state index is 0.359. The van der Waals surface area contributed by atoms with Crippen molar-refractivity contribution < 1.29 is 5.11 Å². The second-order valence-corrected chi connectivity index (χ2v) is 4.69. The van der Waals surface area contributed by atoms with E-state index in [2.05, 4.69) is 10.6 Å². The van der Waals surface area contributed by atoms with Crippen molar-refractivity contribution in [3.05, 3.63) is 0 Å². The van der Waals surface area contributed by atoms with Gasteiger partial charge in [-0.15, -0.1) is 0 Å². The molecule has 1 heterocycles. The summed E-state index contributed by atoms with van der Waals surface area (Å²) in [5.74, 6) is 0.511. The predicted octanol–water partition coefficient (Wildman–Crippen LogP) is 0.489. The van der Waals surface area contributed by atoms with Gasteiger partial charge < -0.3 is 15.7 Å². The Morgan fingerprint density at radius 1 is 1.21 bits per heavy atom. The van der Waals surface area contributed by atoms with E-state index in [0.29, 0.717) is 24.6 Å². The van der Waals surface area contributed by atoms with E-state index in [1.165, 1.54) is 38.6 Å². The van der Waals surface area contributed by atoms with Crippen molar-refractivity contribution >= 4 is 0 Å². The number of rotatable bonds is 3. The molecule has 82 valence electrons. The van der Waals surface area contributed by atoms with Crippen LogP contribution < -0.4 is 10.6 Å². The second-order valence-electron chi connectivity index (χ2n) is 4.69. The first-order valence-electron chi connectivity index (χ1n) is 5.98. The maximum absolute atomic E-state index is 9.21. The van der Waals surface area contributed by atoms with Crippen LogP contribution in [-0.4, -0.2) is 36.9 Å². The predicted molar refractivity (Wildman–Crippen MR) is 57.2 cm³/mol. The van der Waals surface area contributed by atoms with Crippen molar-refractivity contribution in [1.82, 2.24) is 10.6 Å². The molecule has 1 aliphatic carbocycles. The van der Waals surface area contributed by atoms with Crippen LogP contribution in [0.15, 0.2) is 0 Å². The Kier molecular flexibility index (Phi) is 3.79. The molecule has 0 aromatic heterocycles. The third-order valence-corrected chi connectivity index (χ3v) is 3.64. The van der Waals surface area contributed by atoms with Gasteiger partial charge in [-0.05, 0) is 38.1 Å². The summed E-state index contributed by atoms with van der Waals surface area (Å²) in [5, 5.41) is 16.3. The average molecular weight is 198 g/mol.